The highest BCUT2D eigenvalue weighted by atomic mass is 16.3. The van der Waals surface area contributed by atoms with Gasteiger partial charge in [0.25, 0.3) is 0 Å². The third kappa shape index (κ3) is 9.52. The lowest BCUT2D eigenvalue weighted by molar-refractivity contribution is -0.141. The molecule has 3 aromatic rings. The minimum Gasteiger partial charge on any atom is -0.508 e. The molecular weight excluding hydrogens is 594 g/mol. The van der Waals surface area contributed by atoms with Gasteiger partial charge in [-0.05, 0) is 73.1 Å². The predicted molar refractivity (Wildman–Crippen MR) is 181 cm³/mol. The summed E-state index contributed by atoms with van der Waals surface area (Å²) >= 11 is 0. The number of hydrogen-bond acceptors (Lipinski definition) is 6. The number of primary amides is 1. The first-order valence-corrected chi connectivity index (χ1v) is 16.0. The van der Waals surface area contributed by atoms with Crippen LogP contribution in [0.1, 0.15) is 40.7 Å². The molecule has 6 N–H and O–H groups in total. The number of carbonyl (C=O) groups excluding carboxylic acids is 4. The summed E-state index contributed by atoms with van der Waals surface area (Å²) in [6, 6.07) is 18.4. The Balaban J connectivity index is 1.53. The third-order valence-electron chi connectivity index (χ3n) is 8.59. The van der Waals surface area contributed by atoms with Gasteiger partial charge in [-0.15, -0.1) is 6.58 Å². The summed E-state index contributed by atoms with van der Waals surface area (Å²) in [6.07, 6.45) is 3.50. The molecule has 248 valence electrons. The molecule has 4 rings (SSSR count). The molecule has 1 aliphatic rings. The summed E-state index contributed by atoms with van der Waals surface area (Å²) in [5.41, 5.74) is 10.0. The monoisotopic (exact) mass is 639 g/mol. The van der Waals surface area contributed by atoms with Crippen LogP contribution in [0.5, 0.6) is 5.75 Å². The van der Waals surface area contributed by atoms with Crippen molar-refractivity contribution in [2.45, 2.75) is 70.1 Å². The van der Waals surface area contributed by atoms with E-state index >= 15 is 0 Å². The Labute approximate surface area is 276 Å². The molecule has 1 aliphatic heterocycles. The zero-order valence-corrected chi connectivity index (χ0v) is 27.1. The van der Waals surface area contributed by atoms with E-state index in [2.05, 4.69) is 22.5 Å². The number of amides is 4. The molecule has 1 saturated heterocycles. The van der Waals surface area contributed by atoms with Crippen molar-refractivity contribution < 1.29 is 24.3 Å². The van der Waals surface area contributed by atoms with Crippen LogP contribution in [0, 0.1) is 13.8 Å². The van der Waals surface area contributed by atoms with Gasteiger partial charge in [0.05, 0.1) is 6.04 Å². The van der Waals surface area contributed by atoms with Gasteiger partial charge in [0.15, 0.2) is 0 Å². The molecule has 0 unspecified atom stereocenters. The number of carbonyl (C=O) groups is 4. The van der Waals surface area contributed by atoms with Gasteiger partial charge in [0.2, 0.25) is 23.6 Å². The van der Waals surface area contributed by atoms with Crippen molar-refractivity contribution in [2.75, 3.05) is 13.1 Å². The topological polar surface area (TPSA) is 154 Å². The molecule has 0 saturated carbocycles. The average molecular weight is 640 g/mol. The first-order chi connectivity index (χ1) is 22.6. The van der Waals surface area contributed by atoms with Crippen LogP contribution in [-0.4, -0.2) is 70.9 Å². The van der Waals surface area contributed by atoms with E-state index in [4.69, 9.17) is 5.73 Å². The Morgan fingerprint density at radius 1 is 0.894 bits per heavy atom. The number of nitrogens with one attached hydrogen (secondary N) is 3. The largest absolute Gasteiger partial charge is 0.508 e. The number of nitrogens with zero attached hydrogens (tertiary/aromatic N) is 1. The molecule has 0 aromatic heterocycles. The number of aryl methyl sites for hydroxylation is 2. The molecule has 0 bridgehead atoms. The van der Waals surface area contributed by atoms with Gasteiger partial charge >= 0.3 is 0 Å². The molecule has 47 heavy (non-hydrogen) atoms. The van der Waals surface area contributed by atoms with Gasteiger partial charge in [0, 0.05) is 25.9 Å². The Hall–Kier alpha value is -4.96. The fourth-order valence-corrected chi connectivity index (χ4v) is 6.14. The van der Waals surface area contributed by atoms with Crippen LogP contribution in [0.4, 0.5) is 0 Å². The molecule has 10 nitrogen and oxygen atoms in total. The molecule has 0 spiro atoms. The van der Waals surface area contributed by atoms with Gasteiger partial charge in [-0.1, -0.05) is 66.7 Å². The number of phenols is 1. The van der Waals surface area contributed by atoms with Crippen LogP contribution in [0.3, 0.4) is 0 Å². The van der Waals surface area contributed by atoms with E-state index in [-0.39, 0.29) is 24.5 Å². The fraction of sp³-hybridized carbons (Fsp3) is 0.351. The summed E-state index contributed by atoms with van der Waals surface area (Å²) in [7, 11) is 0. The molecule has 10 heteroatoms. The zero-order chi connectivity index (χ0) is 33.9. The Bertz CT molecular complexity index is 1540. The fourth-order valence-electron chi connectivity index (χ4n) is 6.14. The molecule has 3 aromatic carbocycles. The number of nitrogens with two attached hydrogens (primary N) is 1. The van der Waals surface area contributed by atoms with Gasteiger partial charge in [-0.3, -0.25) is 19.2 Å². The highest BCUT2D eigenvalue weighted by Crippen LogP contribution is 2.25. The maximum atomic E-state index is 14.0. The quantitative estimate of drug-likeness (QED) is 0.161. The number of phenolic OH excluding ortho intramolecular Hbond substituents is 1. The Morgan fingerprint density at radius 3 is 2.02 bits per heavy atom. The van der Waals surface area contributed by atoms with Crippen molar-refractivity contribution in [3.05, 3.63) is 113 Å². The van der Waals surface area contributed by atoms with Crippen molar-refractivity contribution in [3.63, 3.8) is 0 Å². The van der Waals surface area contributed by atoms with E-state index in [1.54, 1.807) is 23.1 Å². The van der Waals surface area contributed by atoms with E-state index in [0.717, 1.165) is 27.8 Å². The second kappa shape index (κ2) is 16.6. The van der Waals surface area contributed by atoms with Crippen molar-refractivity contribution >= 4 is 23.6 Å². The third-order valence-corrected chi connectivity index (χ3v) is 8.59. The maximum absolute atomic E-state index is 14.0. The minimum absolute atomic E-state index is 0.165. The predicted octanol–water partition coefficient (Wildman–Crippen LogP) is 2.63. The smallest absolute Gasteiger partial charge is 0.243 e. The second-order valence-corrected chi connectivity index (χ2v) is 12.1. The Kier molecular flexibility index (Phi) is 12.3. The van der Waals surface area contributed by atoms with E-state index in [0.29, 0.717) is 32.4 Å². The van der Waals surface area contributed by atoms with E-state index in [1.165, 1.54) is 0 Å². The minimum atomic E-state index is -1.02. The van der Waals surface area contributed by atoms with Gasteiger partial charge in [0.1, 0.15) is 23.9 Å². The van der Waals surface area contributed by atoms with E-state index < -0.39 is 41.9 Å². The van der Waals surface area contributed by atoms with Gasteiger partial charge < -0.3 is 31.7 Å². The summed E-state index contributed by atoms with van der Waals surface area (Å²) in [5.74, 6) is -1.72. The first kappa shape index (κ1) is 34.9. The van der Waals surface area contributed by atoms with Crippen molar-refractivity contribution in [3.8, 4) is 5.75 Å². The van der Waals surface area contributed by atoms with Gasteiger partial charge in [-0.2, -0.15) is 0 Å². The lowest BCUT2D eigenvalue weighted by atomic mass is 9.95. The summed E-state index contributed by atoms with van der Waals surface area (Å²) in [4.78, 5) is 55.5. The summed E-state index contributed by atoms with van der Waals surface area (Å²) in [5, 5.41) is 18.9. The molecule has 0 aliphatic carbocycles. The summed E-state index contributed by atoms with van der Waals surface area (Å²) < 4.78 is 0. The highest BCUT2D eigenvalue weighted by Gasteiger charge is 2.39. The van der Waals surface area contributed by atoms with Crippen LogP contribution in [0.2, 0.25) is 0 Å². The van der Waals surface area contributed by atoms with E-state index in [9.17, 15) is 24.3 Å². The summed E-state index contributed by atoms with van der Waals surface area (Å²) in [6.45, 7) is 8.34. The molecule has 4 amide bonds. The molecule has 0 radical (unpaired) electrons. The molecule has 4 atom stereocenters. The Morgan fingerprint density at radius 2 is 1.47 bits per heavy atom. The van der Waals surface area contributed by atoms with Crippen LogP contribution < -0.4 is 21.7 Å². The normalized spacial score (nSPS) is 16.1. The van der Waals surface area contributed by atoms with Crippen molar-refractivity contribution in [2.24, 2.45) is 5.73 Å². The van der Waals surface area contributed by atoms with Crippen molar-refractivity contribution in [1.82, 2.24) is 20.9 Å². The number of hydrogen-bond donors (Lipinski definition) is 5. The molecule has 1 heterocycles. The zero-order valence-electron chi connectivity index (χ0n) is 27.1. The van der Waals surface area contributed by atoms with Crippen LogP contribution in [0.15, 0.2) is 85.5 Å². The SMILES string of the molecule is C=CCN[C@@H](Cc1c(C)cc(O)cc1C)C(=O)N1CCC[C@H]1C(=O)N[C@@H](Cc1ccccc1)C(=O)N[C@@H](Cc1ccccc1)C(N)=O. The van der Waals surface area contributed by atoms with E-state index in [1.807, 2.05) is 74.5 Å². The van der Waals surface area contributed by atoms with Crippen LogP contribution in [-0.2, 0) is 38.4 Å². The molecular formula is C37H45N5O5. The standard InChI is InChI=1S/C37H45N5O5/c1-4-17-39-32(23-29-24(2)19-28(43)20-25(29)3)37(47)42-18-11-16-33(42)36(46)41-31(22-27-14-9-6-10-15-27)35(45)40-30(34(38)44)21-26-12-7-5-8-13-26/h4-10,12-15,19-20,30-33,39,43H,1,11,16-18,21-23H2,2-3H3,(H2,38,44)(H,40,45)(H,41,46)/t30-,31-,32-,33-/m0/s1. The maximum Gasteiger partial charge on any atom is 0.243 e. The van der Waals surface area contributed by atoms with Crippen LogP contribution >= 0.6 is 0 Å². The lowest BCUT2D eigenvalue weighted by Crippen LogP contribution is -2.58. The lowest BCUT2D eigenvalue weighted by Gasteiger charge is -2.30. The van der Waals surface area contributed by atoms with Crippen molar-refractivity contribution in [1.29, 1.82) is 0 Å². The molecule has 1 fully saturated rings. The number of rotatable bonds is 15. The second-order valence-electron chi connectivity index (χ2n) is 12.1. The van der Waals surface area contributed by atoms with Crippen LogP contribution in [0.25, 0.3) is 0 Å². The van der Waals surface area contributed by atoms with Gasteiger partial charge in [-0.25, -0.2) is 0 Å². The number of likely N-dealkylation sites (tertiary alicyclic amines) is 1. The highest BCUT2D eigenvalue weighted by molar-refractivity contribution is 5.95. The first-order valence-electron chi connectivity index (χ1n) is 16.0. The average Bonchev–Trinajstić information content (AvgIpc) is 3.54. The number of benzene rings is 3. The number of aromatic hydroxyl groups is 1.